The van der Waals surface area contributed by atoms with Crippen molar-refractivity contribution in [3.63, 3.8) is 0 Å². The Labute approximate surface area is 182 Å². The highest BCUT2D eigenvalue weighted by molar-refractivity contribution is 7.77. The zero-order chi connectivity index (χ0) is 22.4. The van der Waals surface area contributed by atoms with Crippen molar-refractivity contribution >= 4 is 34.6 Å². The first-order valence-corrected chi connectivity index (χ1v) is 11.3. The summed E-state index contributed by atoms with van der Waals surface area (Å²) in [6.45, 7) is 1.76. The van der Waals surface area contributed by atoms with E-state index in [1.54, 1.807) is 4.72 Å². The standard InChI is InChI=1S/C19H28FN5O5S/c20-14-6-13(7-15(26)17(14)22-10-16(27)25-31(29)30)24-18(28)23-9-12-8-21-11-19(12)4-2-1-3-5-19/h6-7,12,21-22,26H,1-5,8-11H2,(H,25,27)(H,29,30)(H2,23,24,28)/p-1. The highest BCUT2D eigenvalue weighted by Gasteiger charge is 2.43. The fourth-order valence-corrected chi connectivity index (χ4v) is 4.77. The van der Waals surface area contributed by atoms with Gasteiger partial charge < -0.3 is 30.9 Å². The van der Waals surface area contributed by atoms with Crippen molar-refractivity contribution in [3.8, 4) is 5.75 Å². The number of hydrogen-bond acceptors (Lipinski definition) is 7. The number of phenols is 1. The number of anilines is 2. The topological polar surface area (TPSA) is 155 Å². The van der Waals surface area contributed by atoms with Gasteiger partial charge in [0.2, 0.25) is 5.91 Å². The van der Waals surface area contributed by atoms with Crippen LogP contribution in [-0.2, 0) is 16.1 Å². The van der Waals surface area contributed by atoms with Gasteiger partial charge in [0.1, 0.15) is 11.4 Å². The summed E-state index contributed by atoms with van der Waals surface area (Å²) in [6.07, 6.45) is 5.99. The Kier molecular flexibility index (Phi) is 7.68. The van der Waals surface area contributed by atoms with Crippen LogP contribution >= 0.6 is 0 Å². The Morgan fingerprint density at radius 1 is 1.29 bits per heavy atom. The lowest BCUT2D eigenvalue weighted by Gasteiger charge is -2.38. The molecule has 3 rings (SSSR count). The van der Waals surface area contributed by atoms with Gasteiger partial charge in [0, 0.05) is 42.7 Å². The molecule has 0 radical (unpaired) electrons. The van der Waals surface area contributed by atoms with Gasteiger partial charge in [0.15, 0.2) is 5.82 Å². The summed E-state index contributed by atoms with van der Waals surface area (Å²) in [5.41, 5.74) is -0.108. The van der Waals surface area contributed by atoms with E-state index in [9.17, 15) is 27.8 Å². The largest absolute Gasteiger partial charge is 0.755 e. The molecule has 0 aromatic heterocycles. The fourth-order valence-electron chi connectivity index (χ4n) is 4.51. The maximum absolute atomic E-state index is 14.3. The third-order valence-electron chi connectivity index (χ3n) is 6.04. The monoisotopic (exact) mass is 456 g/mol. The number of amides is 3. The van der Waals surface area contributed by atoms with Crippen molar-refractivity contribution in [2.45, 2.75) is 32.1 Å². The maximum Gasteiger partial charge on any atom is 0.319 e. The van der Waals surface area contributed by atoms with Crippen LogP contribution in [0.5, 0.6) is 5.75 Å². The second-order valence-electron chi connectivity index (χ2n) is 8.05. The van der Waals surface area contributed by atoms with E-state index in [-0.39, 0.29) is 16.8 Å². The highest BCUT2D eigenvalue weighted by Crippen LogP contribution is 2.44. The predicted molar refractivity (Wildman–Crippen MR) is 113 cm³/mol. The van der Waals surface area contributed by atoms with Gasteiger partial charge in [-0.1, -0.05) is 19.3 Å². The molecule has 1 aromatic carbocycles. The molecule has 10 nitrogen and oxygen atoms in total. The van der Waals surface area contributed by atoms with Gasteiger partial charge in [-0.3, -0.25) is 13.7 Å². The number of phenolic OH excluding ortho intramolecular Hbond substituents is 1. The van der Waals surface area contributed by atoms with Crippen LogP contribution in [0.2, 0.25) is 0 Å². The second-order valence-corrected chi connectivity index (χ2v) is 8.73. The third-order valence-corrected chi connectivity index (χ3v) is 6.44. The first-order chi connectivity index (χ1) is 14.8. The number of urea groups is 1. The van der Waals surface area contributed by atoms with E-state index < -0.39 is 41.3 Å². The predicted octanol–water partition coefficient (Wildman–Crippen LogP) is 1.14. The lowest BCUT2D eigenvalue weighted by atomic mass is 9.68. The van der Waals surface area contributed by atoms with Gasteiger partial charge in [0.05, 0.1) is 6.54 Å². The molecule has 12 heteroatoms. The van der Waals surface area contributed by atoms with Crippen LogP contribution in [-0.4, -0.2) is 52.0 Å². The van der Waals surface area contributed by atoms with E-state index in [0.29, 0.717) is 12.5 Å². The number of carbonyl (C=O) groups is 2. The molecule has 1 aliphatic carbocycles. The van der Waals surface area contributed by atoms with Crippen LogP contribution in [0.4, 0.5) is 20.6 Å². The second kappa shape index (κ2) is 10.2. The molecule has 2 fully saturated rings. The van der Waals surface area contributed by atoms with Crippen LogP contribution in [0.3, 0.4) is 0 Å². The van der Waals surface area contributed by atoms with Crippen molar-refractivity contribution in [2.75, 3.05) is 36.8 Å². The van der Waals surface area contributed by atoms with Crippen LogP contribution in [0.1, 0.15) is 32.1 Å². The highest BCUT2D eigenvalue weighted by atomic mass is 32.2. The van der Waals surface area contributed by atoms with Gasteiger partial charge in [-0.15, -0.1) is 0 Å². The van der Waals surface area contributed by atoms with Crippen LogP contribution in [0.15, 0.2) is 12.1 Å². The molecule has 1 aliphatic heterocycles. The van der Waals surface area contributed by atoms with Crippen LogP contribution in [0.25, 0.3) is 0 Å². The maximum atomic E-state index is 14.3. The minimum absolute atomic E-state index is 0.0418. The smallest absolute Gasteiger partial charge is 0.319 e. The molecule has 1 heterocycles. The van der Waals surface area contributed by atoms with Crippen molar-refractivity contribution < 1.29 is 27.8 Å². The summed E-state index contributed by atoms with van der Waals surface area (Å²) >= 11 is -2.79. The fraction of sp³-hybridized carbons (Fsp3) is 0.579. The quantitative estimate of drug-likeness (QED) is 0.266. The number of carbonyl (C=O) groups excluding carboxylic acids is 2. The number of rotatable bonds is 7. The zero-order valence-corrected chi connectivity index (χ0v) is 17.8. The molecule has 1 saturated heterocycles. The summed E-state index contributed by atoms with van der Waals surface area (Å²) < 4.78 is 36.7. The van der Waals surface area contributed by atoms with Gasteiger partial charge in [-0.25, -0.2) is 9.18 Å². The molecule has 6 N–H and O–H groups in total. The number of aromatic hydroxyl groups is 1. The Bertz CT molecular complexity index is 826. The Balaban J connectivity index is 1.53. The molecular weight excluding hydrogens is 429 g/mol. The molecule has 1 spiro atoms. The van der Waals surface area contributed by atoms with E-state index in [1.165, 1.54) is 19.3 Å². The SMILES string of the molecule is O=C(CNc1c(O)cc(NC(=O)NCC2CNCC23CCCCC3)cc1F)NS(=O)[O-]. The van der Waals surface area contributed by atoms with Crippen molar-refractivity contribution in [1.29, 1.82) is 0 Å². The third kappa shape index (κ3) is 6.05. The van der Waals surface area contributed by atoms with Crippen LogP contribution < -0.4 is 26.0 Å². The first-order valence-electron chi connectivity index (χ1n) is 10.2. The van der Waals surface area contributed by atoms with E-state index in [0.717, 1.165) is 38.1 Å². The Hall–Kier alpha value is -2.44. The number of halogens is 1. The number of nitrogens with one attached hydrogen (secondary N) is 5. The zero-order valence-electron chi connectivity index (χ0n) is 17.0. The molecule has 172 valence electrons. The summed E-state index contributed by atoms with van der Waals surface area (Å²) in [4.78, 5) is 23.6. The first kappa shape index (κ1) is 23.2. The molecule has 3 amide bonds. The van der Waals surface area contributed by atoms with E-state index in [2.05, 4.69) is 21.3 Å². The molecule has 2 atom stereocenters. The molecule has 1 aromatic rings. The average Bonchev–Trinajstić information content (AvgIpc) is 3.07. The number of hydrogen-bond donors (Lipinski definition) is 6. The minimum Gasteiger partial charge on any atom is -0.755 e. The van der Waals surface area contributed by atoms with Crippen molar-refractivity contribution in [3.05, 3.63) is 17.9 Å². The molecule has 0 bridgehead atoms. The van der Waals surface area contributed by atoms with Crippen molar-refractivity contribution in [2.24, 2.45) is 11.3 Å². The minimum atomic E-state index is -2.79. The van der Waals surface area contributed by atoms with E-state index in [4.69, 9.17) is 0 Å². The van der Waals surface area contributed by atoms with E-state index in [1.807, 2.05) is 0 Å². The summed E-state index contributed by atoms with van der Waals surface area (Å²) in [5.74, 6) is -2.03. The lowest BCUT2D eigenvalue weighted by Crippen LogP contribution is -2.41. The van der Waals surface area contributed by atoms with E-state index >= 15 is 0 Å². The van der Waals surface area contributed by atoms with Crippen molar-refractivity contribution in [1.82, 2.24) is 15.4 Å². The Morgan fingerprint density at radius 2 is 2.03 bits per heavy atom. The van der Waals surface area contributed by atoms with Gasteiger partial charge >= 0.3 is 6.03 Å². The normalized spacial score (nSPS) is 20.8. The van der Waals surface area contributed by atoms with Crippen LogP contribution in [0, 0.1) is 17.2 Å². The molecular formula is C19H27FN5O5S-. The summed E-state index contributed by atoms with van der Waals surface area (Å²) in [5, 5.41) is 21.1. The Morgan fingerprint density at radius 3 is 2.71 bits per heavy atom. The summed E-state index contributed by atoms with van der Waals surface area (Å²) in [7, 11) is 0. The van der Waals surface area contributed by atoms with Gasteiger partial charge in [-0.05, 0) is 30.2 Å². The van der Waals surface area contributed by atoms with Gasteiger partial charge in [0.25, 0.3) is 0 Å². The number of benzene rings is 1. The molecule has 2 aliphatic rings. The average molecular weight is 457 g/mol. The lowest BCUT2D eigenvalue weighted by molar-refractivity contribution is -0.117. The summed E-state index contributed by atoms with van der Waals surface area (Å²) in [6, 6.07) is 1.62. The van der Waals surface area contributed by atoms with Gasteiger partial charge in [-0.2, -0.15) is 0 Å². The molecule has 2 unspecified atom stereocenters. The molecule has 1 saturated carbocycles. The molecule has 31 heavy (non-hydrogen) atoms.